The Labute approximate surface area is 125 Å². The first-order valence-corrected chi connectivity index (χ1v) is 7.16. The molecule has 0 aliphatic carbocycles. The molecule has 0 heterocycles. The van der Waals surface area contributed by atoms with E-state index < -0.39 is 10.9 Å². The Kier molecular flexibility index (Phi) is 4.44. The molecule has 0 spiro atoms. The number of nitrogens with one attached hydrogen (secondary N) is 1. The van der Waals surface area contributed by atoms with Crippen molar-refractivity contribution in [2.75, 3.05) is 11.6 Å². The number of carbonyl (C=O) groups is 1. The van der Waals surface area contributed by atoms with E-state index in [0.29, 0.717) is 11.4 Å². The Morgan fingerprint density at radius 3 is 2.43 bits per heavy atom. The van der Waals surface area contributed by atoms with Crippen LogP contribution in [0.4, 0.5) is 17.1 Å². The Bertz CT molecular complexity index is 686. The molecule has 108 valence electrons. The molecular formula is C14H12N2O4S. The van der Waals surface area contributed by atoms with Gasteiger partial charge >= 0.3 is 5.97 Å². The molecule has 0 aliphatic rings. The second-order valence-corrected chi connectivity index (χ2v) is 5.03. The maximum Gasteiger partial charge on any atom is 0.338 e. The molecule has 21 heavy (non-hydrogen) atoms. The summed E-state index contributed by atoms with van der Waals surface area (Å²) in [7, 11) is 0. The number of carboxylic acids is 1. The summed E-state index contributed by atoms with van der Waals surface area (Å²) in [6.07, 6.45) is 1.96. The Balaban J connectivity index is 2.34. The van der Waals surface area contributed by atoms with Crippen LogP contribution in [-0.4, -0.2) is 22.3 Å². The van der Waals surface area contributed by atoms with E-state index >= 15 is 0 Å². The number of benzene rings is 2. The van der Waals surface area contributed by atoms with Crippen LogP contribution in [0.15, 0.2) is 47.4 Å². The second kappa shape index (κ2) is 6.27. The Morgan fingerprint density at radius 1 is 1.24 bits per heavy atom. The number of nitro benzene ring substituents is 1. The predicted octanol–water partition coefficient (Wildman–Crippen LogP) is 3.76. The SMILES string of the molecule is CSc1ccc(Nc2ccc([N+](=O)[O-])cc2C(=O)O)cc1. The molecule has 0 aromatic heterocycles. The zero-order valence-corrected chi connectivity index (χ0v) is 11.9. The van der Waals surface area contributed by atoms with Crippen molar-refractivity contribution >= 4 is 34.8 Å². The highest BCUT2D eigenvalue weighted by molar-refractivity contribution is 7.98. The average molecular weight is 304 g/mol. The second-order valence-electron chi connectivity index (χ2n) is 4.15. The molecule has 2 rings (SSSR count). The van der Waals surface area contributed by atoms with Crippen LogP contribution in [0, 0.1) is 10.1 Å². The molecule has 0 radical (unpaired) electrons. The highest BCUT2D eigenvalue weighted by atomic mass is 32.2. The van der Waals surface area contributed by atoms with E-state index in [1.54, 1.807) is 11.8 Å². The summed E-state index contributed by atoms with van der Waals surface area (Å²) in [4.78, 5) is 22.4. The smallest absolute Gasteiger partial charge is 0.338 e. The van der Waals surface area contributed by atoms with Gasteiger partial charge in [0.25, 0.3) is 5.69 Å². The summed E-state index contributed by atoms with van der Waals surface area (Å²) in [5.41, 5.74) is 0.628. The van der Waals surface area contributed by atoms with Crippen molar-refractivity contribution in [1.82, 2.24) is 0 Å². The molecule has 0 saturated carbocycles. The topological polar surface area (TPSA) is 92.5 Å². The minimum Gasteiger partial charge on any atom is -0.478 e. The zero-order valence-electron chi connectivity index (χ0n) is 11.1. The summed E-state index contributed by atoms with van der Waals surface area (Å²) in [5.74, 6) is -1.22. The lowest BCUT2D eigenvalue weighted by Crippen LogP contribution is -2.04. The Morgan fingerprint density at radius 2 is 1.90 bits per heavy atom. The van der Waals surface area contributed by atoms with Crippen molar-refractivity contribution in [1.29, 1.82) is 0 Å². The van der Waals surface area contributed by atoms with Gasteiger partial charge in [0.15, 0.2) is 0 Å². The monoisotopic (exact) mass is 304 g/mol. The van der Waals surface area contributed by atoms with Gasteiger partial charge in [-0.2, -0.15) is 0 Å². The number of thioether (sulfide) groups is 1. The third-order valence-corrected chi connectivity index (χ3v) is 3.56. The van der Waals surface area contributed by atoms with Crippen molar-refractivity contribution in [2.24, 2.45) is 0 Å². The molecule has 2 N–H and O–H groups in total. The van der Waals surface area contributed by atoms with Gasteiger partial charge in [0.1, 0.15) is 0 Å². The van der Waals surface area contributed by atoms with Gasteiger partial charge in [0.05, 0.1) is 16.2 Å². The van der Waals surface area contributed by atoms with Gasteiger partial charge in [-0.25, -0.2) is 4.79 Å². The van der Waals surface area contributed by atoms with E-state index in [2.05, 4.69) is 5.32 Å². The molecule has 0 fully saturated rings. The third kappa shape index (κ3) is 3.51. The third-order valence-electron chi connectivity index (χ3n) is 2.81. The van der Waals surface area contributed by atoms with Crippen molar-refractivity contribution in [2.45, 2.75) is 4.90 Å². The van der Waals surface area contributed by atoms with Crippen LogP contribution in [-0.2, 0) is 0 Å². The normalized spacial score (nSPS) is 10.1. The first kappa shape index (κ1) is 14.9. The van der Waals surface area contributed by atoms with E-state index in [0.717, 1.165) is 11.0 Å². The number of non-ortho nitro benzene ring substituents is 1. The highest BCUT2D eigenvalue weighted by Crippen LogP contribution is 2.26. The number of nitro groups is 1. The number of rotatable bonds is 5. The molecule has 6 nitrogen and oxygen atoms in total. The standard InChI is InChI=1S/C14H12N2O4S/c1-21-11-5-2-9(3-6-11)15-13-7-4-10(16(19)20)8-12(13)14(17)18/h2-8,15H,1H3,(H,17,18). The van der Waals surface area contributed by atoms with Gasteiger partial charge < -0.3 is 10.4 Å². The molecule has 0 aliphatic heterocycles. The van der Waals surface area contributed by atoms with Crippen molar-refractivity contribution < 1.29 is 14.8 Å². The largest absolute Gasteiger partial charge is 0.478 e. The van der Waals surface area contributed by atoms with Gasteiger partial charge in [0.2, 0.25) is 0 Å². The van der Waals surface area contributed by atoms with Gasteiger partial charge in [0, 0.05) is 22.7 Å². The van der Waals surface area contributed by atoms with Gasteiger partial charge in [-0.05, 0) is 36.6 Å². The Hall–Kier alpha value is -2.54. The van der Waals surface area contributed by atoms with E-state index in [9.17, 15) is 14.9 Å². The molecule has 0 unspecified atom stereocenters. The molecule has 7 heteroatoms. The lowest BCUT2D eigenvalue weighted by Gasteiger charge is -2.10. The number of hydrogen-bond donors (Lipinski definition) is 2. The van der Waals surface area contributed by atoms with Crippen molar-refractivity contribution in [3.63, 3.8) is 0 Å². The van der Waals surface area contributed by atoms with Gasteiger partial charge in [-0.1, -0.05) is 0 Å². The molecule has 0 atom stereocenters. The van der Waals surface area contributed by atoms with Crippen LogP contribution in [0.5, 0.6) is 0 Å². The predicted molar refractivity (Wildman–Crippen MR) is 81.6 cm³/mol. The van der Waals surface area contributed by atoms with E-state index in [-0.39, 0.29) is 11.3 Å². The average Bonchev–Trinajstić information content (AvgIpc) is 2.48. The minimum atomic E-state index is -1.22. The summed E-state index contributed by atoms with van der Waals surface area (Å²) in [6, 6.07) is 11.1. The fourth-order valence-electron chi connectivity index (χ4n) is 1.76. The van der Waals surface area contributed by atoms with Crippen LogP contribution >= 0.6 is 11.8 Å². The van der Waals surface area contributed by atoms with Crippen LogP contribution in [0.3, 0.4) is 0 Å². The molecular weight excluding hydrogens is 292 g/mol. The van der Waals surface area contributed by atoms with Gasteiger partial charge in [-0.15, -0.1) is 11.8 Å². The molecule has 2 aromatic carbocycles. The lowest BCUT2D eigenvalue weighted by molar-refractivity contribution is -0.384. The van der Waals surface area contributed by atoms with Crippen molar-refractivity contribution in [3.8, 4) is 0 Å². The maximum absolute atomic E-state index is 11.2. The minimum absolute atomic E-state index is 0.141. The van der Waals surface area contributed by atoms with Crippen LogP contribution in [0.25, 0.3) is 0 Å². The molecule has 0 bridgehead atoms. The summed E-state index contributed by atoms with van der Waals surface area (Å²) in [6.45, 7) is 0. The lowest BCUT2D eigenvalue weighted by atomic mass is 10.1. The fourth-order valence-corrected chi connectivity index (χ4v) is 2.17. The molecule has 0 amide bonds. The number of anilines is 2. The van der Waals surface area contributed by atoms with Gasteiger partial charge in [-0.3, -0.25) is 10.1 Å². The first-order chi connectivity index (χ1) is 10.0. The van der Waals surface area contributed by atoms with Crippen molar-refractivity contribution in [3.05, 3.63) is 58.1 Å². The molecule has 0 saturated heterocycles. The number of nitrogens with zero attached hydrogens (tertiary/aromatic N) is 1. The quantitative estimate of drug-likeness (QED) is 0.496. The summed E-state index contributed by atoms with van der Waals surface area (Å²) >= 11 is 1.60. The summed E-state index contributed by atoms with van der Waals surface area (Å²) in [5, 5.41) is 22.8. The first-order valence-electron chi connectivity index (χ1n) is 5.94. The number of aromatic carboxylic acids is 1. The highest BCUT2D eigenvalue weighted by Gasteiger charge is 2.16. The number of carboxylic acid groups (broad SMARTS) is 1. The van der Waals surface area contributed by atoms with E-state index in [4.69, 9.17) is 5.11 Å². The maximum atomic E-state index is 11.2. The summed E-state index contributed by atoms with van der Waals surface area (Å²) < 4.78 is 0. The van der Waals surface area contributed by atoms with Crippen LogP contribution < -0.4 is 5.32 Å². The fraction of sp³-hybridized carbons (Fsp3) is 0.0714. The van der Waals surface area contributed by atoms with E-state index in [1.807, 2.05) is 30.5 Å². The number of hydrogen-bond acceptors (Lipinski definition) is 5. The van der Waals surface area contributed by atoms with Crippen LogP contribution in [0.1, 0.15) is 10.4 Å². The molecule has 2 aromatic rings. The van der Waals surface area contributed by atoms with E-state index in [1.165, 1.54) is 12.1 Å². The zero-order chi connectivity index (χ0) is 15.4. The van der Waals surface area contributed by atoms with Crippen LogP contribution in [0.2, 0.25) is 0 Å².